The number of fused-ring (bicyclic) bond motifs is 1. The van der Waals surface area contributed by atoms with Crippen LogP contribution in [0.3, 0.4) is 0 Å². The SMILES string of the molecule is O=C(COC(=O)C1CCOCC1)Nc1cc2c(cc1[N+](=O)[O-])OCCCO2. The van der Waals surface area contributed by atoms with Crippen LogP contribution in [0.4, 0.5) is 11.4 Å². The Kier molecular flexibility index (Phi) is 6.07. The van der Waals surface area contributed by atoms with E-state index in [1.807, 2.05) is 0 Å². The molecule has 1 aromatic rings. The zero-order valence-corrected chi connectivity index (χ0v) is 14.6. The number of hydrogen-bond acceptors (Lipinski definition) is 8. The lowest BCUT2D eigenvalue weighted by atomic mass is 10.0. The van der Waals surface area contributed by atoms with Gasteiger partial charge in [0.05, 0.1) is 30.1 Å². The van der Waals surface area contributed by atoms with Crippen molar-refractivity contribution in [2.75, 3.05) is 38.4 Å². The summed E-state index contributed by atoms with van der Waals surface area (Å²) in [6.07, 6.45) is 1.74. The molecule has 10 nitrogen and oxygen atoms in total. The number of amides is 1. The van der Waals surface area contributed by atoms with Gasteiger partial charge in [0.2, 0.25) is 0 Å². The van der Waals surface area contributed by atoms with Crippen LogP contribution in [-0.2, 0) is 19.1 Å². The fourth-order valence-corrected chi connectivity index (χ4v) is 2.82. The summed E-state index contributed by atoms with van der Waals surface area (Å²) in [4.78, 5) is 34.7. The Morgan fingerprint density at radius 3 is 2.48 bits per heavy atom. The van der Waals surface area contributed by atoms with Crippen LogP contribution in [-0.4, -0.2) is 49.8 Å². The molecule has 1 aromatic carbocycles. The van der Waals surface area contributed by atoms with Gasteiger partial charge in [-0.25, -0.2) is 0 Å². The minimum Gasteiger partial charge on any atom is -0.489 e. The van der Waals surface area contributed by atoms with Crippen molar-refractivity contribution in [2.24, 2.45) is 5.92 Å². The van der Waals surface area contributed by atoms with Crippen molar-refractivity contribution < 1.29 is 33.5 Å². The molecule has 0 spiro atoms. The van der Waals surface area contributed by atoms with Crippen LogP contribution in [0, 0.1) is 16.0 Å². The average Bonchev–Trinajstić information content (AvgIpc) is 2.91. The van der Waals surface area contributed by atoms with E-state index in [4.69, 9.17) is 18.9 Å². The van der Waals surface area contributed by atoms with Gasteiger partial charge in [-0.05, 0) is 12.8 Å². The average molecular weight is 380 g/mol. The molecule has 1 fully saturated rings. The summed E-state index contributed by atoms with van der Waals surface area (Å²) in [6, 6.07) is 2.56. The van der Waals surface area contributed by atoms with Gasteiger partial charge in [0.1, 0.15) is 5.69 Å². The molecule has 0 unspecified atom stereocenters. The Morgan fingerprint density at radius 1 is 1.15 bits per heavy atom. The quantitative estimate of drug-likeness (QED) is 0.464. The maximum atomic E-state index is 12.1. The highest BCUT2D eigenvalue weighted by atomic mass is 16.6. The number of anilines is 1. The third-order valence-electron chi connectivity index (χ3n) is 4.24. The van der Waals surface area contributed by atoms with Crippen LogP contribution < -0.4 is 14.8 Å². The number of hydrogen-bond donors (Lipinski definition) is 1. The van der Waals surface area contributed by atoms with E-state index in [1.54, 1.807) is 0 Å². The van der Waals surface area contributed by atoms with E-state index in [0.29, 0.717) is 51.4 Å². The molecule has 27 heavy (non-hydrogen) atoms. The third kappa shape index (κ3) is 4.85. The van der Waals surface area contributed by atoms with Crippen molar-refractivity contribution >= 4 is 23.3 Å². The lowest BCUT2D eigenvalue weighted by Crippen LogP contribution is -2.28. The lowest BCUT2D eigenvalue weighted by molar-refractivity contribution is -0.384. The zero-order valence-electron chi connectivity index (χ0n) is 14.6. The summed E-state index contributed by atoms with van der Waals surface area (Å²) in [6.45, 7) is 1.23. The number of nitrogens with zero attached hydrogens (tertiary/aromatic N) is 1. The molecule has 0 bridgehead atoms. The van der Waals surface area contributed by atoms with Gasteiger partial charge >= 0.3 is 5.97 Å². The summed E-state index contributed by atoms with van der Waals surface area (Å²) in [5.74, 6) is -0.871. The highest BCUT2D eigenvalue weighted by molar-refractivity contribution is 5.95. The molecule has 3 rings (SSSR count). The smallest absolute Gasteiger partial charge is 0.309 e. The second-order valence-corrected chi connectivity index (χ2v) is 6.17. The Bertz CT molecular complexity index is 730. The molecule has 1 N–H and O–H groups in total. The number of carbonyl (C=O) groups is 2. The number of nitro benzene ring substituents is 1. The van der Waals surface area contributed by atoms with Crippen LogP contribution in [0.1, 0.15) is 19.3 Å². The molecule has 0 atom stereocenters. The number of benzene rings is 1. The monoisotopic (exact) mass is 380 g/mol. The van der Waals surface area contributed by atoms with Gasteiger partial charge in [-0.3, -0.25) is 19.7 Å². The molecule has 1 amide bonds. The van der Waals surface area contributed by atoms with Crippen LogP contribution in [0.15, 0.2) is 12.1 Å². The first-order valence-electron chi connectivity index (χ1n) is 8.67. The molecule has 10 heteroatoms. The van der Waals surface area contributed by atoms with E-state index in [1.165, 1.54) is 12.1 Å². The first kappa shape index (κ1) is 18.9. The third-order valence-corrected chi connectivity index (χ3v) is 4.24. The predicted octanol–water partition coefficient (Wildman–Crippen LogP) is 1.66. The van der Waals surface area contributed by atoms with E-state index in [2.05, 4.69) is 5.32 Å². The first-order chi connectivity index (χ1) is 13.0. The van der Waals surface area contributed by atoms with Crippen molar-refractivity contribution in [3.05, 3.63) is 22.2 Å². The highest BCUT2D eigenvalue weighted by Gasteiger charge is 2.25. The van der Waals surface area contributed by atoms with E-state index in [0.717, 1.165) is 0 Å². The number of esters is 1. The lowest BCUT2D eigenvalue weighted by Gasteiger charge is -2.20. The molecular formula is C17H20N2O8. The predicted molar refractivity (Wildman–Crippen MR) is 91.8 cm³/mol. The van der Waals surface area contributed by atoms with Gasteiger partial charge in [-0.1, -0.05) is 0 Å². The van der Waals surface area contributed by atoms with Crippen molar-refractivity contribution in [3.63, 3.8) is 0 Å². The second-order valence-electron chi connectivity index (χ2n) is 6.17. The Hall–Kier alpha value is -2.88. The number of nitro groups is 1. The molecule has 2 aliphatic heterocycles. The number of ether oxygens (including phenoxy) is 4. The summed E-state index contributed by atoms with van der Waals surface area (Å²) in [5, 5.41) is 13.7. The molecule has 0 radical (unpaired) electrons. The second kappa shape index (κ2) is 8.67. The standard InChI is InChI=1S/C17H20N2O8/c20-16(10-27-17(21)11-2-6-24-7-3-11)18-12-8-14-15(9-13(12)19(22)23)26-5-1-4-25-14/h8-9,11H,1-7,10H2,(H,18,20). The van der Waals surface area contributed by atoms with Crippen LogP contribution in [0.5, 0.6) is 11.5 Å². The van der Waals surface area contributed by atoms with Crippen molar-refractivity contribution in [1.29, 1.82) is 0 Å². The van der Waals surface area contributed by atoms with Gasteiger partial charge in [-0.2, -0.15) is 0 Å². The minimum absolute atomic E-state index is 0.0450. The molecule has 1 saturated heterocycles. The Morgan fingerprint density at radius 2 is 1.81 bits per heavy atom. The van der Waals surface area contributed by atoms with Crippen molar-refractivity contribution in [1.82, 2.24) is 0 Å². The van der Waals surface area contributed by atoms with E-state index >= 15 is 0 Å². The van der Waals surface area contributed by atoms with Crippen LogP contribution in [0.2, 0.25) is 0 Å². The van der Waals surface area contributed by atoms with Gasteiger partial charge in [-0.15, -0.1) is 0 Å². The number of carbonyl (C=O) groups excluding carboxylic acids is 2. The van der Waals surface area contributed by atoms with Crippen molar-refractivity contribution in [2.45, 2.75) is 19.3 Å². The fraction of sp³-hybridized carbons (Fsp3) is 0.529. The van der Waals surface area contributed by atoms with Gasteiger partial charge in [0, 0.05) is 25.7 Å². The van der Waals surface area contributed by atoms with E-state index < -0.39 is 23.4 Å². The van der Waals surface area contributed by atoms with Crippen molar-refractivity contribution in [3.8, 4) is 11.5 Å². The summed E-state index contributed by atoms with van der Waals surface area (Å²) >= 11 is 0. The molecular weight excluding hydrogens is 360 g/mol. The summed E-state index contributed by atoms with van der Waals surface area (Å²) in [7, 11) is 0. The molecule has 0 aliphatic carbocycles. The molecule has 146 valence electrons. The normalized spacial score (nSPS) is 16.9. The topological polar surface area (TPSA) is 126 Å². The van der Waals surface area contributed by atoms with E-state index in [9.17, 15) is 19.7 Å². The number of nitrogens with one attached hydrogen (secondary N) is 1. The number of rotatable bonds is 5. The van der Waals surface area contributed by atoms with Crippen LogP contribution >= 0.6 is 0 Å². The van der Waals surface area contributed by atoms with Gasteiger partial charge in [0.25, 0.3) is 11.6 Å². The maximum absolute atomic E-state index is 12.1. The van der Waals surface area contributed by atoms with E-state index in [-0.39, 0.29) is 23.0 Å². The zero-order chi connectivity index (χ0) is 19.2. The Balaban J connectivity index is 1.64. The molecule has 0 aromatic heterocycles. The molecule has 0 saturated carbocycles. The fourth-order valence-electron chi connectivity index (χ4n) is 2.82. The van der Waals surface area contributed by atoms with Gasteiger partial charge < -0.3 is 24.3 Å². The highest BCUT2D eigenvalue weighted by Crippen LogP contribution is 2.39. The first-order valence-corrected chi connectivity index (χ1v) is 8.67. The summed E-state index contributed by atoms with van der Waals surface area (Å²) in [5.41, 5.74) is -0.375. The largest absolute Gasteiger partial charge is 0.489 e. The Labute approximate surface area is 154 Å². The molecule has 2 heterocycles. The maximum Gasteiger partial charge on any atom is 0.309 e. The molecule has 2 aliphatic rings. The van der Waals surface area contributed by atoms with Crippen LogP contribution in [0.25, 0.3) is 0 Å². The minimum atomic E-state index is -0.673. The van der Waals surface area contributed by atoms with Gasteiger partial charge in [0.15, 0.2) is 18.1 Å². The summed E-state index contributed by atoms with van der Waals surface area (Å²) < 4.78 is 21.1.